The minimum Gasteiger partial charge on any atom is -0.327 e. The van der Waals surface area contributed by atoms with E-state index < -0.39 is 0 Å². The second-order valence-corrected chi connectivity index (χ2v) is 8.73. The highest BCUT2D eigenvalue weighted by molar-refractivity contribution is 5.84. The second kappa shape index (κ2) is 5.36. The highest BCUT2D eigenvalue weighted by atomic mass is 15.1. The van der Waals surface area contributed by atoms with Gasteiger partial charge in [0, 0.05) is 28.9 Å². The van der Waals surface area contributed by atoms with Crippen molar-refractivity contribution in [3.8, 4) is 0 Å². The van der Waals surface area contributed by atoms with Crippen molar-refractivity contribution in [2.75, 3.05) is 0 Å². The fraction of sp³-hybridized carbons (Fsp3) is 0.476. The lowest BCUT2D eigenvalue weighted by Gasteiger charge is -2.30. The molecule has 1 aliphatic rings. The van der Waals surface area contributed by atoms with Gasteiger partial charge in [-0.1, -0.05) is 39.0 Å². The van der Waals surface area contributed by atoms with E-state index in [0.29, 0.717) is 11.3 Å². The van der Waals surface area contributed by atoms with Gasteiger partial charge < -0.3 is 4.57 Å². The average molecular weight is 308 g/mol. The Balaban J connectivity index is 2.01. The van der Waals surface area contributed by atoms with Crippen molar-refractivity contribution in [1.29, 1.82) is 0 Å². The molecule has 1 aliphatic carbocycles. The third-order valence-electron chi connectivity index (χ3n) is 4.76. The number of nitrogens with zero attached hydrogens (tertiary/aromatic N) is 2. The Labute approximate surface area is 139 Å². The SMILES string of the molecule is CC(C)(C)C1C=C(c2cnc3c(ccn3C(C)(C)C)c2)C=CC1. The van der Waals surface area contributed by atoms with E-state index >= 15 is 0 Å². The molecular weight excluding hydrogens is 280 g/mol. The van der Waals surface area contributed by atoms with Crippen LogP contribution in [-0.2, 0) is 5.54 Å². The largest absolute Gasteiger partial charge is 0.327 e. The van der Waals surface area contributed by atoms with Gasteiger partial charge in [-0.05, 0) is 56.2 Å². The van der Waals surface area contributed by atoms with Gasteiger partial charge >= 0.3 is 0 Å². The van der Waals surface area contributed by atoms with Crippen LogP contribution in [0.2, 0.25) is 0 Å². The van der Waals surface area contributed by atoms with E-state index in [1.165, 1.54) is 16.5 Å². The molecule has 0 bridgehead atoms. The predicted molar refractivity (Wildman–Crippen MR) is 99.4 cm³/mol. The summed E-state index contributed by atoms with van der Waals surface area (Å²) in [4.78, 5) is 4.76. The van der Waals surface area contributed by atoms with Crippen LogP contribution >= 0.6 is 0 Å². The average Bonchev–Trinajstić information content (AvgIpc) is 2.89. The van der Waals surface area contributed by atoms with Gasteiger partial charge in [0.25, 0.3) is 0 Å². The van der Waals surface area contributed by atoms with Gasteiger partial charge in [0.15, 0.2) is 0 Å². The van der Waals surface area contributed by atoms with E-state index in [2.05, 4.69) is 82.7 Å². The molecule has 0 radical (unpaired) electrons. The lowest BCUT2D eigenvalue weighted by atomic mass is 9.75. The first-order valence-electron chi connectivity index (χ1n) is 8.52. The van der Waals surface area contributed by atoms with Gasteiger partial charge in [-0.15, -0.1) is 0 Å². The van der Waals surface area contributed by atoms with Gasteiger partial charge in [0.05, 0.1) is 0 Å². The zero-order valence-corrected chi connectivity index (χ0v) is 15.2. The van der Waals surface area contributed by atoms with Crippen LogP contribution in [0.25, 0.3) is 16.6 Å². The first kappa shape index (κ1) is 16.0. The van der Waals surface area contributed by atoms with E-state index in [0.717, 1.165) is 12.1 Å². The fourth-order valence-corrected chi connectivity index (χ4v) is 3.20. The molecule has 23 heavy (non-hydrogen) atoms. The zero-order chi connectivity index (χ0) is 16.8. The third kappa shape index (κ3) is 3.12. The monoisotopic (exact) mass is 308 g/mol. The number of hydrogen-bond acceptors (Lipinski definition) is 1. The summed E-state index contributed by atoms with van der Waals surface area (Å²) in [7, 11) is 0. The Morgan fingerprint density at radius 1 is 1.13 bits per heavy atom. The first-order valence-corrected chi connectivity index (χ1v) is 8.52. The van der Waals surface area contributed by atoms with Gasteiger partial charge in [-0.2, -0.15) is 0 Å². The highest BCUT2D eigenvalue weighted by Gasteiger charge is 2.24. The number of allylic oxidation sites excluding steroid dienone is 4. The summed E-state index contributed by atoms with van der Waals surface area (Å²) in [6.07, 6.45) is 12.3. The molecule has 0 spiro atoms. The van der Waals surface area contributed by atoms with Crippen LogP contribution in [0, 0.1) is 11.3 Å². The van der Waals surface area contributed by atoms with Crippen LogP contribution in [0.1, 0.15) is 53.5 Å². The minimum absolute atomic E-state index is 0.0532. The Morgan fingerprint density at radius 3 is 2.52 bits per heavy atom. The van der Waals surface area contributed by atoms with Crippen molar-refractivity contribution in [2.45, 2.75) is 53.5 Å². The van der Waals surface area contributed by atoms with E-state index in [-0.39, 0.29) is 5.54 Å². The van der Waals surface area contributed by atoms with Gasteiger partial charge in [0.1, 0.15) is 5.65 Å². The first-order chi connectivity index (χ1) is 10.7. The molecule has 2 nitrogen and oxygen atoms in total. The number of rotatable bonds is 1. The van der Waals surface area contributed by atoms with Crippen LogP contribution in [0.3, 0.4) is 0 Å². The number of hydrogen-bond donors (Lipinski definition) is 0. The summed E-state index contributed by atoms with van der Waals surface area (Å²) in [6, 6.07) is 4.44. The van der Waals surface area contributed by atoms with Crippen molar-refractivity contribution < 1.29 is 0 Å². The molecule has 0 amide bonds. The van der Waals surface area contributed by atoms with Crippen molar-refractivity contribution in [3.05, 3.63) is 48.3 Å². The number of pyridine rings is 1. The normalized spacial score (nSPS) is 19.2. The lowest BCUT2D eigenvalue weighted by molar-refractivity contribution is 0.294. The highest BCUT2D eigenvalue weighted by Crippen LogP contribution is 2.36. The Bertz CT molecular complexity index is 776. The zero-order valence-electron chi connectivity index (χ0n) is 15.2. The summed E-state index contributed by atoms with van der Waals surface area (Å²) >= 11 is 0. The van der Waals surface area contributed by atoms with Crippen LogP contribution in [-0.4, -0.2) is 9.55 Å². The summed E-state index contributed by atoms with van der Waals surface area (Å²) in [5.74, 6) is 0.581. The molecule has 0 N–H and O–H groups in total. The Morgan fingerprint density at radius 2 is 1.87 bits per heavy atom. The predicted octanol–water partition coefficient (Wildman–Crippen LogP) is 5.80. The van der Waals surface area contributed by atoms with Crippen molar-refractivity contribution in [1.82, 2.24) is 9.55 Å². The molecule has 0 fully saturated rings. The number of aromatic nitrogens is 2. The fourth-order valence-electron chi connectivity index (χ4n) is 3.20. The molecule has 0 aliphatic heterocycles. The van der Waals surface area contributed by atoms with Crippen LogP contribution in [0.4, 0.5) is 0 Å². The quantitative estimate of drug-likeness (QED) is 0.651. The molecule has 122 valence electrons. The summed E-state index contributed by atoms with van der Waals surface area (Å²) < 4.78 is 2.25. The molecule has 1 atom stereocenters. The Hall–Kier alpha value is -1.83. The van der Waals surface area contributed by atoms with Crippen molar-refractivity contribution in [3.63, 3.8) is 0 Å². The number of fused-ring (bicyclic) bond motifs is 1. The van der Waals surface area contributed by atoms with Crippen molar-refractivity contribution >= 4 is 16.6 Å². The molecule has 2 aromatic rings. The standard InChI is InChI=1S/C21H28N2/c1-20(2,3)18-9-7-8-15(13-18)17-12-16-10-11-23(21(4,5)6)19(16)22-14-17/h7-8,10-14,18H,9H2,1-6H3. The molecule has 2 heterocycles. The van der Waals surface area contributed by atoms with Crippen LogP contribution in [0.5, 0.6) is 0 Å². The molecule has 0 saturated heterocycles. The molecule has 0 saturated carbocycles. The van der Waals surface area contributed by atoms with Crippen LogP contribution in [0.15, 0.2) is 42.8 Å². The van der Waals surface area contributed by atoms with E-state index in [9.17, 15) is 0 Å². The molecule has 2 aromatic heterocycles. The van der Waals surface area contributed by atoms with Gasteiger partial charge in [-0.3, -0.25) is 0 Å². The van der Waals surface area contributed by atoms with Crippen molar-refractivity contribution in [2.24, 2.45) is 11.3 Å². The summed E-state index contributed by atoms with van der Waals surface area (Å²) in [6.45, 7) is 13.6. The maximum absolute atomic E-state index is 4.76. The summed E-state index contributed by atoms with van der Waals surface area (Å²) in [5, 5.41) is 1.21. The minimum atomic E-state index is 0.0532. The molecule has 3 rings (SSSR count). The molecular formula is C21H28N2. The van der Waals surface area contributed by atoms with E-state index in [1.54, 1.807) is 0 Å². The van der Waals surface area contributed by atoms with Crippen LogP contribution < -0.4 is 0 Å². The third-order valence-corrected chi connectivity index (χ3v) is 4.76. The molecule has 2 heteroatoms. The maximum Gasteiger partial charge on any atom is 0.140 e. The molecule has 0 aromatic carbocycles. The lowest BCUT2D eigenvalue weighted by Crippen LogP contribution is -2.21. The molecule has 1 unspecified atom stereocenters. The van der Waals surface area contributed by atoms with Gasteiger partial charge in [0.2, 0.25) is 0 Å². The smallest absolute Gasteiger partial charge is 0.140 e. The topological polar surface area (TPSA) is 17.8 Å². The van der Waals surface area contributed by atoms with Gasteiger partial charge in [-0.25, -0.2) is 4.98 Å². The second-order valence-electron chi connectivity index (χ2n) is 8.73. The Kier molecular flexibility index (Phi) is 3.74. The maximum atomic E-state index is 4.76. The van der Waals surface area contributed by atoms with E-state index in [4.69, 9.17) is 4.98 Å². The summed E-state index contributed by atoms with van der Waals surface area (Å²) in [5.41, 5.74) is 3.93. The van der Waals surface area contributed by atoms with E-state index in [1.807, 2.05) is 6.20 Å².